The van der Waals surface area contributed by atoms with Crippen molar-refractivity contribution in [2.75, 3.05) is 14.2 Å². The smallest absolute Gasteiger partial charge is 0.336 e. The summed E-state index contributed by atoms with van der Waals surface area (Å²) in [5.41, 5.74) is 0.672. The standard InChI is InChI=1S/C20H14O6/c1-4-11-7-12(5-6-14(11)20(22)23)16-10-15(21)19-17(25-3)8-13(24-2)9-18(19)26-16/h1,5-10H,2-3H3,(H,22,23). The van der Waals surface area contributed by atoms with Crippen LogP contribution in [-0.4, -0.2) is 25.3 Å². The Morgan fingerprint density at radius 1 is 1.15 bits per heavy atom. The number of fused-ring (bicyclic) bond motifs is 1. The molecule has 1 N–H and O–H groups in total. The second-order valence-electron chi connectivity index (χ2n) is 5.39. The molecule has 0 radical (unpaired) electrons. The summed E-state index contributed by atoms with van der Waals surface area (Å²) in [5, 5.41) is 9.45. The maximum atomic E-state index is 12.6. The molecular weight excluding hydrogens is 336 g/mol. The first kappa shape index (κ1) is 17.1. The first-order chi connectivity index (χ1) is 12.5. The van der Waals surface area contributed by atoms with Crippen molar-refractivity contribution < 1.29 is 23.8 Å². The molecule has 0 bridgehead atoms. The molecule has 0 aliphatic heterocycles. The Labute approximate surface area is 148 Å². The van der Waals surface area contributed by atoms with Crippen molar-refractivity contribution in [2.45, 2.75) is 0 Å². The fourth-order valence-electron chi connectivity index (χ4n) is 2.65. The SMILES string of the molecule is C#Cc1cc(-c2cc(=O)c3c(OC)cc(OC)cc3o2)ccc1C(=O)O. The zero-order valence-corrected chi connectivity index (χ0v) is 14.0. The van der Waals surface area contributed by atoms with Gasteiger partial charge in [0.25, 0.3) is 0 Å². The highest BCUT2D eigenvalue weighted by Gasteiger charge is 2.15. The molecule has 0 fully saturated rings. The van der Waals surface area contributed by atoms with Crippen molar-refractivity contribution in [1.29, 1.82) is 0 Å². The fraction of sp³-hybridized carbons (Fsp3) is 0.100. The molecule has 0 aliphatic carbocycles. The van der Waals surface area contributed by atoms with Crippen LogP contribution < -0.4 is 14.9 Å². The van der Waals surface area contributed by atoms with Crippen LogP contribution in [0.4, 0.5) is 0 Å². The van der Waals surface area contributed by atoms with E-state index in [0.29, 0.717) is 17.1 Å². The Morgan fingerprint density at radius 3 is 2.54 bits per heavy atom. The van der Waals surface area contributed by atoms with E-state index in [0.717, 1.165) is 0 Å². The van der Waals surface area contributed by atoms with Gasteiger partial charge in [-0.1, -0.05) is 12.0 Å². The lowest BCUT2D eigenvalue weighted by atomic mass is 10.0. The lowest BCUT2D eigenvalue weighted by Crippen LogP contribution is -2.04. The summed E-state index contributed by atoms with van der Waals surface area (Å²) < 4.78 is 16.3. The van der Waals surface area contributed by atoms with Crippen molar-refractivity contribution in [2.24, 2.45) is 0 Å². The van der Waals surface area contributed by atoms with Gasteiger partial charge in [-0.3, -0.25) is 4.79 Å². The molecule has 6 nitrogen and oxygen atoms in total. The lowest BCUT2D eigenvalue weighted by Gasteiger charge is -2.10. The van der Waals surface area contributed by atoms with Gasteiger partial charge in [0.05, 0.1) is 19.8 Å². The molecular formula is C20H14O6. The Balaban J connectivity index is 2.26. The third-order valence-corrected chi connectivity index (χ3v) is 3.91. The predicted molar refractivity (Wildman–Crippen MR) is 95.9 cm³/mol. The topological polar surface area (TPSA) is 86.0 Å². The number of carboxylic acid groups (broad SMARTS) is 1. The van der Waals surface area contributed by atoms with Gasteiger partial charge in [0.15, 0.2) is 5.43 Å². The first-order valence-electron chi connectivity index (χ1n) is 7.52. The monoisotopic (exact) mass is 350 g/mol. The largest absolute Gasteiger partial charge is 0.496 e. The van der Waals surface area contributed by atoms with Gasteiger partial charge in [0.2, 0.25) is 0 Å². The number of methoxy groups -OCH3 is 2. The van der Waals surface area contributed by atoms with Crippen molar-refractivity contribution in [3.63, 3.8) is 0 Å². The minimum absolute atomic E-state index is 0.00252. The summed E-state index contributed by atoms with van der Waals surface area (Å²) in [6.45, 7) is 0. The Kier molecular flexibility index (Phi) is 4.38. The third-order valence-electron chi connectivity index (χ3n) is 3.91. The molecule has 2 aromatic carbocycles. The van der Waals surface area contributed by atoms with E-state index in [1.165, 1.54) is 38.5 Å². The second kappa shape index (κ2) is 6.65. The van der Waals surface area contributed by atoms with E-state index in [1.54, 1.807) is 12.1 Å². The molecule has 0 amide bonds. The van der Waals surface area contributed by atoms with E-state index < -0.39 is 5.97 Å². The quantitative estimate of drug-likeness (QED) is 0.728. The Morgan fingerprint density at radius 2 is 1.92 bits per heavy atom. The molecule has 130 valence electrons. The molecule has 26 heavy (non-hydrogen) atoms. The van der Waals surface area contributed by atoms with Crippen LogP contribution in [0.25, 0.3) is 22.3 Å². The molecule has 3 aromatic rings. The Bertz CT molecular complexity index is 1120. The number of hydrogen-bond donors (Lipinski definition) is 1. The van der Waals surface area contributed by atoms with Gasteiger partial charge >= 0.3 is 5.97 Å². The summed E-state index contributed by atoms with van der Waals surface area (Å²) in [6.07, 6.45) is 5.39. The highest BCUT2D eigenvalue weighted by Crippen LogP contribution is 2.32. The minimum atomic E-state index is -1.13. The van der Waals surface area contributed by atoms with E-state index in [-0.39, 0.29) is 33.3 Å². The normalized spacial score (nSPS) is 10.3. The van der Waals surface area contributed by atoms with Crippen molar-refractivity contribution >= 4 is 16.9 Å². The molecule has 0 unspecified atom stereocenters. The van der Waals surface area contributed by atoms with E-state index in [4.69, 9.17) is 25.4 Å². The van der Waals surface area contributed by atoms with Crippen LogP contribution in [0.3, 0.4) is 0 Å². The molecule has 0 atom stereocenters. The number of aromatic carboxylic acids is 1. The van der Waals surface area contributed by atoms with Crippen LogP contribution >= 0.6 is 0 Å². The van der Waals surface area contributed by atoms with Crippen LogP contribution in [0.1, 0.15) is 15.9 Å². The minimum Gasteiger partial charge on any atom is -0.496 e. The van der Waals surface area contributed by atoms with Gasteiger partial charge in [0.1, 0.15) is 28.2 Å². The zero-order chi connectivity index (χ0) is 18.8. The fourth-order valence-corrected chi connectivity index (χ4v) is 2.65. The van der Waals surface area contributed by atoms with Crippen LogP contribution in [0.5, 0.6) is 11.5 Å². The predicted octanol–water partition coefficient (Wildman–Crippen LogP) is 3.16. The van der Waals surface area contributed by atoms with Crippen LogP contribution in [0.2, 0.25) is 0 Å². The molecule has 0 saturated carbocycles. The van der Waals surface area contributed by atoms with Gasteiger partial charge in [-0.05, 0) is 12.1 Å². The van der Waals surface area contributed by atoms with Crippen molar-refractivity contribution in [3.05, 3.63) is 57.7 Å². The van der Waals surface area contributed by atoms with Crippen molar-refractivity contribution in [3.8, 4) is 35.2 Å². The first-order valence-corrected chi connectivity index (χ1v) is 7.52. The highest BCUT2D eigenvalue weighted by molar-refractivity contribution is 5.92. The summed E-state index contributed by atoms with van der Waals surface area (Å²) in [7, 11) is 2.94. The van der Waals surface area contributed by atoms with Gasteiger partial charge in [-0.15, -0.1) is 6.42 Å². The zero-order valence-electron chi connectivity index (χ0n) is 14.0. The number of rotatable bonds is 4. The third kappa shape index (κ3) is 2.87. The molecule has 3 rings (SSSR count). The molecule has 1 aromatic heterocycles. The molecule has 0 saturated heterocycles. The summed E-state index contributed by atoms with van der Waals surface area (Å²) in [6, 6.07) is 8.89. The van der Waals surface area contributed by atoms with Gasteiger partial charge in [0, 0.05) is 29.3 Å². The lowest BCUT2D eigenvalue weighted by molar-refractivity contribution is 0.0696. The van der Waals surface area contributed by atoms with Gasteiger partial charge in [-0.2, -0.15) is 0 Å². The summed E-state index contributed by atoms with van der Waals surface area (Å²) in [4.78, 5) is 23.8. The number of carboxylic acids is 1. The van der Waals surface area contributed by atoms with Crippen molar-refractivity contribution in [1.82, 2.24) is 0 Å². The number of benzene rings is 2. The summed E-state index contributed by atoms with van der Waals surface area (Å²) in [5.74, 6) is 2.28. The van der Waals surface area contributed by atoms with E-state index >= 15 is 0 Å². The van der Waals surface area contributed by atoms with Gasteiger partial charge in [-0.25, -0.2) is 4.79 Å². The van der Waals surface area contributed by atoms with E-state index in [2.05, 4.69) is 5.92 Å². The van der Waals surface area contributed by atoms with Crippen LogP contribution in [0.15, 0.2) is 45.6 Å². The molecule has 0 spiro atoms. The number of hydrogen-bond acceptors (Lipinski definition) is 5. The van der Waals surface area contributed by atoms with Crippen LogP contribution in [0, 0.1) is 12.3 Å². The average molecular weight is 350 g/mol. The second-order valence-corrected chi connectivity index (χ2v) is 5.39. The Hall–Kier alpha value is -3.72. The highest BCUT2D eigenvalue weighted by atomic mass is 16.5. The maximum absolute atomic E-state index is 12.6. The average Bonchev–Trinajstić information content (AvgIpc) is 2.65. The van der Waals surface area contributed by atoms with E-state index in [9.17, 15) is 9.59 Å². The molecule has 0 aliphatic rings. The van der Waals surface area contributed by atoms with Gasteiger partial charge < -0.3 is 19.0 Å². The van der Waals surface area contributed by atoms with Crippen LogP contribution in [-0.2, 0) is 0 Å². The molecule has 6 heteroatoms. The molecule has 1 heterocycles. The van der Waals surface area contributed by atoms with E-state index in [1.807, 2.05) is 0 Å². The number of ether oxygens (including phenoxy) is 2. The summed E-state index contributed by atoms with van der Waals surface area (Å²) >= 11 is 0. The number of carbonyl (C=O) groups is 1. The number of terminal acetylenes is 1. The maximum Gasteiger partial charge on any atom is 0.336 e.